The molecule has 1 saturated carbocycles. The van der Waals surface area contributed by atoms with E-state index in [0.717, 1.165) is 30.6 Å². The van der Waals surface area contributed by atoms with Crippen LogP contribution < -0.4 is 5.32 Å². The zero-order chi connectivity index (χ0) is 52.5. The first kappa shape index (κ1) is 53.2. The minimum atomic E-state index is -6.33. The number of nitrogens with zero attached hydrogens (tertiary/aromatic N) is 9. The van der Waals surface area contributed by atoms with Crippen molar-refractivity contribution < 1.29 is 75.8 Å². The summed E-state index contributed by atoms with van der Waals surface area (Å²) in [6.45, 7) is 0. The van der Waals surface area contributed by atoms with Crippen LogP contribution in [0.4, 0.5) is 61.5 Å². The number of ether oxygens (including phenoxy) is 1. The molecule has 1 aliphatic carbocycles. The lowest BCUT2D eigenvalue weighted by molar-refractivity contribution is -0.351. The fraction of sp³-hybridized carbons (Fsp3) is 0.308. The minimum Gasteiger partial charge on any atom is -0.465 e. The Hall–Kier alpha value is -6.11. The molecule has 31 heteroatoms. The van der Waals surface area contributed by atoms with Crippen LogP contribution in [0.1, 0.15) is 44.9 Å². The maximum atomic E-state index is 14.6. The van der Waals surface area contributed by atoms with Crippen molar-refractivity contribution in [3.63, 3.8) is 0 Å². The summed E-state index contributed by atoms with van der Waals surface area (Å²) in [4.78, 5) is 32.1. The molecule has 0 bridgehead atoms. The third kappa shape index (κ3) is 9.32. The molecular formula is C39H24Cl4F14N10O3. The van der Waals surface area contributed by atoms with Gasteiger partial charge in [-0.1, -0.05) is 46.4 Å². The molecule has 0 radical (unpaired) electrons. The SMILES string of the molecule is COC(=O)c1cc(-c2cnn(-c3c(Cl)cc(C(F)(C(F)(F)F)C(F)(F)F)n3C)c2)cnc1Cl.Cn1c(C(F)(C(F)(F)F)C(F)(F)F)cc(Cl)c1-n1cc(-c2cnc(Cl)c(C(=O)NC3(C#N)CC3)c2)cn1. The average Bonchev–Trinajstić information content (AvgIpc) is 3.58. The van der Waals surface area contributed by atoms with Gasteiger partial charge in [0.05, 0.1) is 58.1 Å². The number of rotatable bonds is 9. The van der Waals surface area contributed by atoms with Crippen molar-refractivity contribution in [1.29, 1.82) is 5.26 Å². The molecule has 7 rings (SSSR count). The smallest absolute Gasteiger partial charge is 0.437 e. The molecule has 13 nitrogen and oxygen atoms in total. The Morgan fingerprint density at radius 3 is 1.34 bits per heavy atom. The standard InChI is InChI=1S/C21H13Cl2F7N6O.C18H11Cl2F7N4O2/c1-35-14(19(24,20(25,26)27)21(28,29)30)5-13(22)17(35)36-8-11(7-33-36)10-4-12(15(23)32-6-10)16(37)34-18(9-31)2-3-18;1-30-12(16(21,17(22,23)24)18(25,26)27)4-11(19)14(30)31-7-9(6-29-31)8-3-10(15(32)33-2)13(20)28-5-8/h4-8H,2-3H2,1H3,(H,34,37);3-7H,1-2H3. The zero-order valence-electron chi connectivity index (χ0n) is 34.7. The van der Waals surface area contributed by atoms with Crippen molar-refractivity contribution >= 4 is 58.3 Å². The summed E-state index contributed by atoms with van der Waals surface area (Å²) >= 11 is 23.7. The minimum absolute atomic E-state index is 0.0785. The highest BCUT2D eigenvalue weighted by Crippen LogP contribution is 2.56. The lowest BCUT2D eigenvalue weighted by atomic mass is 10.0. The van der Waals surface area contributed by atoms with Crippen molar-refractivity contribution in [3.05, 3.63) is 104 Å². The maximum Gasteiger partial charge on any atom is 0.437 e. The van der Waals surface area contributed by atoms with Crippen LogP contribution in [0.3, 0.4) is 0 Å². The van der Waals surface area contributed by atoms with Gasteiger partial charge >= 0.3 is 42.0 Å². The van der Waals surface area contributed by atoms with Crippen molar-refractivity contribution in [1.82, 2.24) is 44.0 Å². The summed E-state index contributed by atoms with van der Waals surface area (Å²) in [5.74, 6) is -2.42. The number of alkyl halides is 14. The van der Waals surface area contributed by atoms with Crippen LogP contribution in [0, 0.1) is 11.3 Å². The van der Waals surface area contributed by atoms with Crippen molar-refractivity contribution in [2.24, 2.45) is 14.1 Å². The third-order valence-electron chi connectivity index (χ3n) is 10.5. The second-order valence-corrected chi connectivity index (χ2v) is 16.5. The lowest BCUT2D eigenvalue weighted by Crippen LogP contribution is -2.51. The van der Waals surface area contributed by atoms with E-state index in [9.17, 15) is 71.1 Å². The first-order chi connectivity index (χ1) is 32.2. The van der Waals surface area contributed by atoms with Gasteiger partial charge in [0.15, 0.2) is 11.6 Å². The molecule has 0 aliphatic heterocycles. The van der Waals surface area contributed by atoms with E-state index >= 15 is 0 Å². The highest BCUT2D eigenvalue weighted by atomic mass is 35.5. The molecule has 1 aliphatic rings. The van der Waals surface area contributed by atoms with Gasteiger partial charge in [-0.2, -0.15) is 68.1 Å². The number of halogens is 18. The topological polar surface area (TPSA) is 150 Å². The first-order valence-electron chi connectivity index (χ1n) is 18.8. The van der Waals surface area contributed by atoms with Gasteiger partial charge in [0, 0.05) is 61.1 Å². The number of nitrogens with one attached hydrogen (secondary N) is 1. The van der Waals surface area contributed by atoms with Gasteiger partial charge in [0.25, 0.3) is 5.91 Å². The number of nitriles is 1. The van der Waals surface area contributed by atoms with Gasteiger partial charge in [-0.25, -0.2) is 32.9 Å². The van der Waals surface area contributed by atoms with E-state index in [2.05, 4.69) is 30.2 Å². The molecule has 1 amide bonds. The van der Waals surface area contributed by atoms with Crippen LogP contribution in [-0.2, 0) is 30.2 Å². The Morgan fingerprint density at radius 1 is 0.629 bits per heavy atom. The van der Waals surface area contributed by atoms with E-state index in [4.69, 9.17) is 51.7 Å². The highest BCUT2D eigenvalue weighted by Gasteiger charge is 2.76. The van der Waals surface area contributed by atoms with Crippen LogP contribution in [0.15, 0.2) is 61.4 Å². The molecule has 0 atom stereocenters. The summed E-state index contributed by atoms with van der Waals surface area (Å²) in [5.41, 5.74) is -15.1. The van der Waals surface area contributed by atoms with Crippen LogP contribution in [0.2, 0.25) is 20.4 Å². The Kier molecular flexibility index (Phi) is 13.9. The quantitative estimate of drug-likeness (QED) is 0.0854. The number of methoxy groups -OCH3 is 1. The molecule has 6 heterocycles. The van der Waals surface area contributed by atoms with Crippen molar-refractivity contribution in [2.75, 3.05) is 7.11 Å². The fourth-order valence-electron chi connectivity index (χ4n) is 6.68. The second kappa shape index (κ2) is 18.2. The van der Waals surface area contributed by atoms with Crippen LogP contribution >= 0.6 is 46.4 Å². The van der Waals surface area contributed by atoms with Crippen LogP contribution in [-0.4, -0.2) is 87.9 Å². The molecule has 6 aromatic rings. The molecule has 1 N–H and O–H groups in total. The molecule has 0 spiro atoms. The summed E-state index contributed by atoms with van der Waals surface area (Å²) in [5, 5.41) is 17.9. The predicted octanol–water partition coefficient (Wildman–Crippen LogP) is 11.3. The highest BCUT2D eigenvalue weighted by molar-refractivity contribution is 6.33. The van der Waals surface area contributed by atoms with Gasteiger partial charge in [-0.3, -0.25) is 4.79 Å². The van der Waals surface area contributed by atoms with E-state index in [-0.39, 0.29) is 55.8 Å². The number of pyridine rings is 2. The number of amides is 1. The number of hydrogen-bond acceptors (Lipinski definition) is 8. The van der Waals surface area contributed by atoms with Crippen molar-refractivity contribution in [3.8, 4) is 40.0 Å². The predicted molar refractivity (Wildman–Crippen MR) is 218 cm³/mol. The third-order valence-corrected chi connectivity index (χ3v) is 11.7. The Morgan fingerprint density at radius 2 is 1.00 bits per heavy atom. The summed E-state index contributed by atoms with van der Waals surface area (Å²) in [6.07, 6.45) is -17.2. The van der Waals surface area contributed by atoms with Gasteiger partial charge in [0.1, 0.15) is 15.8 Å². The largest absolute Gasteiger partial charge is 0.465 e. The number of esters is 1. The molecule has 0 saturated heterocycles. The molecular weight excluding hydrogens is 1060 g/mol. The van der Waals surface area contributed by atoms with E-state index in [1.807, 2.05) is 6.07 Å². The summed E-state index contributed by atoms with van der Waals surface area (Å²) in [7, 11) is 2.67. The average molecular weight is 1090 g/mol. The molecule has 70 heavy (non-hydrogen) atoms. The number of carbonyl (C=O) groups is 2. The first-order valence-corrected chi connectivity index (χ1v) is 20.3. The number of carbonyl (C=O) groups excluding carboxylic acids is 2. The zero-order valence-corrected chi connectivity index (χ0v) is 37.8. The number of aromatic nitrogens is 8. The van der Waals surface area contributed by atoms with Gasteiger partial charge in [-0.05, 0) is 37.1 Å². The van der Waals surface area contributed by atoms with Gasteiger partial charge < -0.3 is 19.2 Å². The molecule has 0 aromatic carbocycles. The molecule has 0 unspecified atom stereocenters. The fourth-order valence-corrected chi connectivity index (χ4v) is 7.68. The Labute approximate surface area is 402 Å². The molecule has 374 valence electrons. The van der Waals surface area contributed by atoms with E-state index in [1.165, 1.54) is 49.3 Å². The van der Waals surface area contributed by atoms with Crippen molar-refractivity contribution in [2.45, 2.75) is 54.4 Å². The van der Waals surface area contributed by atoms with Gasteiger partial charge in [0.2, 0.25) is 0 Å². The van der Waals surface area contributed by atoms with E-state index in [1.54, 1.807) is 0 Å². The Bertz CT molecular complexity index is 3030. The maximum absolute atomic E-state index is 14.6. The number of hydrogen-bond donors (Lipinski definition) is 1. The Balaban J connectivity index is 0.000000231. The monoisotopic (exact) mass is 1090 g/mol. The second-order valence-electron chi connectivity index (χ2n) is 14.9. The van der Waals surface area contributed by atoms with E-state index < -0.39 is 86.5 Å². The van der Waals surface area contributed by atoms with Crippen LogP contribution in [0.25, 0.3) is 33.9 Å². The lowest BCUT2D eigenvalue weighted by Gasteiger charge is -2.30. The summed E-state index contributed by atoms with van der Waals surface area (Å²) < 4.78 is 195. The van der Waals surface area contributed by atoms with E-state index in [0.29, 0.717) is 22.0 Å². The normalized spacial score (nSPS) is 14.2. The molecule has 6 aromatic heterocycles. The summed E-state index contributed by atoms with van der Waals surface area (Å²) in [6, 6.07) is 5.06. The molecule has 1 fully saturated rings. The van der Waals surface area contributed by atoms with Crippen LogP contribution in [0.5, 0.6) is 0 Å². The van der Waals surface area contributed by atoms with Gasteiger partial charge in [-0.15, -0.1) is 0 Å².